The highest BCUT2D eigenvalue weighted by atomic mass is 32.1. The first-order chi connectivity index (χ1) is 9.22. The predicted octanol–water partition coefficient (Wildman–Crippen LogP) is 3.92. The molecule has 0 radical (unpaired) electrons. The minimum Gasteiger partial charge on any atom is -0.381 e. The van der Waals surface area contributed by atoms with Crippen molar-refractivity contribution in [1.29, 1.82) is 0 Å². The summed E-state index contributed by atoms with van der Waals surface area (Å²) in [7, 11) is 0. The van der Waals surface area contributed by atoms with Gasteiger partial charge in [0.2, 0.25) is 0 Å². The van der Waals surface area contributed by atoms with Crippen molar-refractivity contribution in [1.82, 2.24) is 9.97 Å². The van der Waals surface area contributed by atoms with Gasteiger partial charge in [0.05, 0.1) is 11.0 Å². The summed E-state index contributed by atoms with van der Waals surface area (Å²) in [5.74, 6) is 0. The minimum absolute atomic E-state index is 0.849. The van der Waals surface area contributed by atoms with E-state index in [0.29, 0.717) is 0 Å². The van der Waals surface area contributed by atoms with Crippen molar-refractivity contribution < 1.29 is 0 Å². The first kappa shape index (κ1) is 12.1. The van der Waals surface area contributed by atoms with Crippen LogP contribution in [0.15, 0.2) is 36.7 Å². The summed E-state index contributed by atoms with van der Waals surface area (Å²) in [5.41, 5.74) is 4.29. The van der Waals surface area contributed by atoms with E-state index < -0.39 is 0 Å². The number of thiophene rings is 1. The molecule has 0 aliphatic heterocycles. The van der Waals surface area contributed by atoms with E-state index in [9.17, 15) is 0 Å². The fourth-order valence-electron chi connectivity index (χ4n) is 2.13. The van der Waals surface area contributed by atoms with Crippen LogP contribution in [0.5, 0.6) is 0 Å². The quantitative estimate of drug-likeness (QED) is 0.783. The van der Waals surface area contributed by atoms with E-state index in [1.54, 1.807) is 12.4 Å². The van der Waals surface area contributed by atoms with Crippen molar-refractivity contribution in [2.45, 2.75) is 20.4 Å². The smallest absolute Gasteiger partial charge is 0.0907 e. The van der Waals surface area contributed by atoms with Crippen molar-refractivity contribution in [3.63, 3.8) is 0 Å². The predicted molar refractivity (Wildman–Crippen MR) is 80.7 cm³/mol. The van der Waals surface area contributed by atoms with Crippen LogP contribution in [0.3, 0.4) is 0 Å². The van der Waals surface area contributed by atoms with E-state index in [1.807, 2.05) is 29.5 Å². The van der Waals surface area contributed by atoms with Crippen molar-refractivity contribution in [3.8, 4) is 0 Å². The van der Waals surface area contributed by atoms with Crippen LogP contribution in [-0.4, -0.2) is 9.97 Å². The van der Waals surface area contributed by atoms with Gasteiger partial charge in [-0.1, -0.05) is 0 Å². The summed E-state index contributed by atoms with van der Waals surface area (Å²) in [4.78, 5) is 11.3. The summed E-state index contributed by atoms with van der Waals surface area (Å²) in [6, 6.07) is 8.33. The molecular weight excluding hydrogens is 254 g/mol. The van der Waals surface area contributed by atoms with Crippen LogP contribution < -0.4 is 5.32 Å². The molecule has 0 saturated heterocycles. The molecule has 0 bridgehead atoms. The molecule has 3 aromatic rings. The summed E-state index contributed by atoms with van der Waals surface area (Å²) >= 11 is 1.84. The topological polar surface area (TPSA) is 37.8 Å². The second kappa shape index (κ2) is 4.97. The van der Waals surface area contributed by atoms with Gasteiger partial charge >= 0.3 is 0 Å². The SMILES string of the molecule is Cc1cc(CNc2ccc3nccnc3c2)c(C)s1. The van der Waals surface area contributed by atoms with Gasteiger partial charge in [-0.2, -0.15) is 0 Å². The number of hydrogen-bond donors (Lipinski definition) is 1. The summed E-state index contributed by atoms with van der Waals surface area (Å²) in [6.07, 6.45) is 3.44. The Morgan fingerprint density at radius 1 is 1.05 bits per heavy atom. The Kier molecular flexibility index (Phi) is 3.17. The van der Waals surface area contributed by atoms with Gasteiger partial charge in [0.15, 0.2) is 0 Å². The average Bonchev–Trinajstić information content (AvgIpc) is 2.74. The third-order valence-electron chi connectivity index (χ3n) is 3.10. The van der Waals surface area contributed by atoms with Crippen LogP contribution >= 0.6 is 11.3 Å². The summed E-state index contributed by atoms with van der Waals surface area (Å²) in [5, 5.41) is 3.45. The Bertz CT molecular complexity index is 718. The standard InChI is InChI=1S/C15H15N3S/c1-10-7-12(11(2)19-10)9-18-13-3-4-14-15(8-13)17-6-5-16-14/h3-8,18H,9H2,1-2H3. The molecule has 2 aromatic heterocycles. The zero-order valence-corrected chi connectivity index (χ0v) is 11.8. The molecule has 1 aromatic carbocycles. The van der Waals surface area contributed by atoms with Gasteiger partial charge in [0, 0.05) is 34.4 Å². The molecule has 0 amide bonds. The van der Waals surface area contributed by atoms with Crippen molar-refractivity contribution in [2.24, 2.45) is 0 Å². The van der Waals surface area contributed by atoms with Gasteiger partial charge < -0.3 is 5.32 Å². The highest BCUT2D eigenvalue weighted by Crippen LogP contribution is 2.22. The van der Waals surface area contributed by atoms with Crippen LogP contribution in [0.4, 0.5) is 5.69 Å². The summed E-state index contributed by atoms with van der Waals surface area (Å²) < 4.78 is 0. The molecule has 3 nitrogen and oxygen atoms in total. The molecule has 0 spiro atoms. The van der Waals surface area contributed by atoms with Crippen molar-refractivity contribution >= 4 is 28.1 Å². The maximum Gasteiger partial charge on any atom is 0.0907 e. The lowest BCUT2D eigenvalue weighted by atomic mass is 10.2. The number of anilines is 1. The lowest BCUT2D eigenvalue weighted by molar-refractivity contribution is 1.14. The number of benzene rings is 1. The van der Waals surface area contributed by atoms with Gasteiger partial charge in [-0.25, -0.2) is 0 Å². The van der Waals surface area contributed by atoms with E-state index in [0.717, 1.165) is 23.3 Å². The molecule has 0 aliphatic rings. The molecule has 4 heteroatoms. The number of fused-ring (bicyclic) bond motifs is 1. The second-order valence-electron chi connectivity index (χ2n) is 4.55. The number of nitrogens with zero attached hydrogens (tertiary/aromatic N) is 2. The first-order valence-electron chi connectivity index (χ1n) is 6.23. The van der Waals surface area contributed by atoms with Crippen molar-refractivity contribution in [2.75, 3.05) is 5.32 Å². The van der Waals surface area contributed by atoms with Crippen molar-refractivity contribution in [3.05, 3.63) is 52.0 Å². The molecule has 19 heavy (non-hydrogen) atoms. The van der Waals surface area contributed by atoms with E-state index in [4.69, 9.17) is 0 Å². The molecular formula is C15H15N3S. The number of aromatic nitrogens is 2. The molecule has 0 unspecified atom stereocenters. The van der Waals surface area contributed by atoms with Crippen LogP contribution in [0.2, 0.25) is 0 Å². The Morgan fingerprint density at radius 3 is 2.58 bits per heavy atom. The van der Waals surface area contributed by atoms with Crippen LogP contribution in [0, 0.1) is 13.8 Å². The minimum atomic E-state index is 0.849. The Hall–Kier alpha value is -1.94. The molecule has 0 atom stereocenters. The average molecular weight is 269 g/mol. The monoisotopic (exact) mass is 269 g/mol. The maximum atomic E-state index is 4.32. The normalized spacial score (nSPS) is 10.8. The first-order valence-corrected chi connectivity index (χ1v) is 7.04. The molecule has 96 valence electrons. The molecule has 1 N–H and O–H groups in total. The van der Waals surface area contributed by atoms with E-state index in [2.05, 4.69) is 35.2 Å². The lowest BCUT2D eigenvalue weighted by Crippen LogP contribution is -1.99. The summed E-state index contributed by atoms with van der Waals surface area (Å²) in [6.45, 7) is 5.16. The lowest BCUT2D eigenvalue weighted by Gasteiger charge is -2.06. The third kappa shape index (κ3) is 2.58. The second-order valence-corrected chi connectivity index (χ2v) is 6.01. The fourth-order valence-corrected chi connectivity index (χ4v) is 3.08. The maximum absolute atomic E-state index is 4.32. The zero-order chi connectivity index (χ0) is 13.2. The van der Waals surface area contributed by atoms with Gasteiger partial charge in [-0.15, -0.1) is 11.3 Å². The number of hydrogen-bond acceptors (Lipinski definition) is 4. The van der Waals surface area contributed by atoms with E-state index in [-0.39, 0.29) is 0 Å². The van der Waals surface area contributed by atoms with Gasteiger partial charge in [-0.05, 0) is 43.7 Å². The highest BCUT2D eigenvalue weighted by Gasteiger charge is 2.03. The Balaban J connectivity index is 1.80. The number of nitrogens with one attached hydrogen (secondary N) is 1. The molecule has 0 fully saturated rings. The Labute approximate surface area is 116 Å². The largest absolute Gasteiger partial charge is 0.381 e. The van der Waals surface area contributed by atoms with Gasteiger partial charge in [0.25, 0.3) is 0 Å². The fraction of sp³-hybridized carbons (Fsp3) is 0.200. The highest BCUT2D eigenvalue weighted by molar-refractivity contribution is 7.12. The van der Waals surface area contributed by atoms with Crippen LogP contribution in [0.1, 0.15) is 15.3 Å². The molecule has 0 aliphatic carbocycles. The van der Waals surface area contributed by atoms with Crippen LogP contribution in [0.25, 0.3) is 11.0 Å². The van der Waals surface area contributed by atoms with E-state index in [1.165, 1.54) is 15.3 Å². The van der Waals surface area contributed by atoms with Gasteiger partial charge in [0.1, 0.15) is 0 Å². The number of aryl methyl sites for hydroxylation is 2. The molecule has 2 heterocycles. The van der Waals surface area contributed by atoms with E-state index >= 15 is 0 Å². The third-order valence-corrected chi connectivity index (χ3v) is 4.10. The Morgan fingerprint density at radius 2 is 1.84 bits per heavy atom. The molecule has 3 rings (SSSR count). The van der Waals surface area contributed by atoms with Crippen LogP contribution in [-0.2, 0) is 6.54 Å². The molecule has 0 saturated carbocycles. The zero-order valence-electron chi connectivity index (χ0n) is 11.0. The number of rotatable bonds is 3. The van der Waals surface area contributed by atoms with Gasteiger partial charge in [-0.3, -0.25) is 9.97 Å².